The van der Waals surface area contributed by atoms with E-state index < -0.39 is 6.61 Å². The molecule has 5 nitrogen and oxygen atoms in total. The predicted molar refractivity (Wildman–Crippen MR) is 91.2 cm³/mol. The van der Waals surface area contributed by atoms with Crippen LogP contribution in [-0.4, -0.2) is 58.6 Å². The molecule has 1 fully saturated rings. The van der Waals surface area contributed by atoms with Crippen molar-refractivity contribution in [2.75, 3.05) is 32.8 Å². The van der Waals surface area contributed by atoms with Crippen molar-refractivity contribution in [1.29, 1.82) is 0 Å². The van der Waals surface area contributed by atoms with Gasteiger partial charge in [0.2, 0.25) is 5.91 Å². The maximum atomic E-state index is 11.5. The summed E-state index contributed by atoms with van der Waals surface area (Å²) in [7, 11) is 0. The second kappa shape index (κ2) is 7.21. The Labute approximate surface area is 140 Å². The summed E-state index contributed by atoms with van der Waals surface area (Å²) in [6, 6.07) is 8.64. The Morgan fingerprint density at radius 2 is 1.91 bits per heavy atom. The van der Waals surface area contributed by atoms with Gasteiger partial charge in [-0.05, 0) is 18.1 Å². The SMILES string of the molecule is Cc1ncsc1-c1ccc(CN2CCN(C(=O)CO)CC2)cc1. The van der Waals surface area contributed by atoms with Gasteiger partial charge in [-0.2, -0.15) is 0 Å². The Morgan fingerprint density at radius 1 is 1.22 bits per heavy atom. The van der Waals surface area contributed by atoms with Gasteiger partial charge in [-0.3, -0.25) is 9.69 Å². The Kier molecular flexibility index (Phi) is 5.05. The highest BCUT2D eigenvalue weighted by Gasteiger charge is 2.20. The van der Waals surface area contributed by atoms with E-state index in [9.17, 15) is 4.79 Å². The second-order valence-corrected chi connectivity index (χ2v) is 6.63. The monoisotopic (exact) mass is 331 g/mol. The van der Waals surface area contributed by atoms with E-state index in [-0.39, 0.29) is 5.91 Å². The van der Waals surface area contributed by atoms with Crippen molar-refractivity contribution in [3.05, 3.63) is 41.0 Å². The van der Waals surface area contributed by atoms with Gasteiger partial charge in [0.25, 0.3) is 0 Å². The van der Waals surface area contributed by atoms with Crippen LogP contribution in [0.3, 0.4) is 0 Å². The van der Waals surface area contributed by atoms with E-state index in [0.29, 0.717) is 13.1 Å². The molecule has 0 spiro atoms. The van der Waals surface area contributed by atoms with Gasteiger partial charge < -0.3 is 10.0 Å². The number of rotatable bonds is 4. The molecule has 0 aliphatic carbocycles. The first-order valence-corrected chi connectivity index (χ1v) is 8.65. The van der Waals surface area contributed by atoms with E-state index in [1.165, 1.54) is 16.0 Å². The molecule has 0 unspecified atom stereocenters. The molecule has 0 radical (unpaired) electrons. The molecule has 2 aromatic rings. The molecule has 122 valence electrons. The molecule has 0 saturated carbocycles. The van der Waals surface area contributed by atoms with Crippen LogP contribution >= 0.6 is 11.3 Å². The topological polar surface area (TPSA) is 56.7 Å². The molecular weight excluding hydrogens is 310 g/mol. The third kappa shape index (κ3) is 3.77. The third-order valence-corrected chi connectivity index (χ3v) is 5.21. The van der Waals surface area contributed by atoms with Crippen molar-refractivity contribution in [1.82, 2.24) is 14.8 Å². The fraction of sp³-hybridized carbons (Fsp3) is 0.412. The fourth-order valence-electron chi connectivity index (χ4n) is 2.85. The number of hydrogen-bond acceptors (Lipinski definition) is 5. The second-order valence-electron chi connectivity index (χ2n) is 5.78. The molecule has 1 aromatic heterocycles. The molecule has 1 saturated heterocycles. The van der Waals surface area contributed by atoms with Crippen LogP contribution in [-0.2, 0) is 11.3 Å². The van der Waals surface area contributed by atoms with Crippen molar-refractivity contribution in [3.63, 3.8) is 0 Å². The molecule has 2 heterocycles. The minimum atomic E-state index is -0.390. The summed E-state index contributed by atoms with van der Waals surface area (Å²) in [6.07, 6.45) is 0. The molecule has 1 aromatic carbocycles. The summed E-state index contributed by atoms with van der Waals surface area (Å²) in [5.74, 6) is -0.172. The average Bonchev–Trinajstić information content (AvgIpc) is 3.01. The Balaban J connectivity index is 1.57. The number of aliphatic hydroxyl groups is 1. The summed E-state index contributed by atoms with van der Waals surface area (Å²) in [4.78, 5) is 21.1. The van der Waals surface area contributed by atoms with Gasteiger partial charge in [0, 0.05) is 32.7 Å². The van der Waals surface area contributed by atoms with Crippen molar-refractivity contribution in [3.8, 4) is 10.4 Å². The van der Waals surface area contributed by atoms with Crippen LogP contribution < -0.4 is 0 Å². The summed E-state index contributed by atoms with van der Waals surface area (Å²) >= 11 is 1.67. The van der Waals surface area contributed by atoms with Crippen LogP contribution in [0.5, 0.6) is 0 Å². The zero-order valence-electron chi connectivity index (χ0n) is 13.2. The van der Waals surface area contributed by atoms with Crippen molar-refractivity contribution in [2.24, 2.45) is 0 Å². The van der Waals surface area contributed by atoms with E-state index in [2.05, 4.69) is 34.1 Å². The summed E-state index contributed by atoms with van der Waals surface area (Å²) in [5, 5.41) is 8.90. The Hall–Kier alpha value is -1.76. The summed E-state index contributed by atoms with van der Waals surface area (Å²) in [6.45, 7) is 5.62. The molecule has 1 amide bonds. The van der Waals surface area contributed by atoms with Crippen LogP contribution in [0.1, 0.15) is 11.3 Å². The molecule has 0 atom stereocenters. The first kappa shape index (κ1) is 16.1. The zero-order valence-corrected chi connectivity index (χ0v) is 14.1. The van der Waals surface area contributed by atoms with E-state index in [1.54, 1.807) is 16.2 Å². The van der Waals surface area contributed by atoms with Gasteiger partial charge in [-0.15, -0.1) is 11.3 Å². The fourth-order valence-corrected chi connectivity index (χ4v) is 3.67. The number of piperazine rings is 1. The van der Waals surface area contributed by atoms with Gasteiger partial charge in [-0.1, -0.05) is 24.3 Å². The molecule has 6 heteroatoms. The molecular formula is C17H21N3O2S. The number of benzene rings is 1. The van der Waals surface area contributed by atoms with Gasteiger partial charge in [0.05, 0.1) is 16.1 Å². The number of aryl methyl sites for hydroxylation is 1. The minimum absolute atomic E-state index is 0.172. The van der Waals surface area contributed by atoms with Crippen molar-refractivity contribution < 1.29 is 9.90 Å². The number of carbonyl (C=O) groups is 1. The lowest BCUT2D eigenvalue weighted by molar-refractivity contribution is -0.135. The van der Waals surface area contributed by atoms with Gasteiger partial charge in [-0.25, -0.2) is 4.98 Å². The van der Waals surface area contributed by atoms with Crippen LogP contribution in [0.15, 0.2) is 29.8 Å². The summed E-state index contributed by atoms with van der Waals surface area (Å²) in [5.41, 5.74) is 5.45. The maximum Gasteiger partial charge on any atom is 0.248 e. The molecule has 0 bridgehead atoms. The number of aromatic nitrogens is 1. The standard InChI is InChI=1S/C17H21N3O2S/c1-13-17(23-12-18-13)15-4-2-14(3-5-15)10-19-6-8-20(9-7-19)16(22)11-21/h2-5,12,21H,6-11H2,1H3. The van der Waals surface area contributed by atoms with Gasteiger partial charge in [0.1, 0.15) is 6.61 Å². The molecule has 1 N–H and O–H groups in total. The number of aliphatic hydroxyl groups excluding tert-OH is 1. The van der Waals surface area contributed by atoms with Gasteiger partial charge in [0.15, 0.2) is 0 Å². The first-order chi connectivity index (χ1) is 11.2. The normalized spacial score (nSPS) is 15.8. The van der Waals surface area contributed by atoms with Gasteiger partial charge >= 0.3 is 0 Å². The Bertz CT molecular complexity index is 661. The first-order valence-electron chi connectivity index (χ1n) is 7.78. The van der Waals surface area contributed by atoms with Crippen LogP contribution in [0.2, 0.25) is 0 Å². The van der Waals surface area contributed by atoms with E-state index in [4.69, 9.17) is 5.11 Å². The minimum Gasteiger partial charge on any atom is -0.387 e. The maximum absolute atomic E-state index is 11.5. The lowest BCUT2D eigenvalue weighted by Crippen LogP contribution is -2.49. The van der Waals surface area contributed by atoms with E-state index in [0.717, 1.165) is 25.3 Å². The number of nitrogens with zero attached hydrogens (tertiary/aromatic N) is 3. The highest BCUT2D eigenvalue weighted by molar-refractivity contribution is 7.13. The van der Waals surface area contributed by atoms with E-state index >= 15 is 0 Å². The van der Waals surface area contributed by atoms with Crippen molar-refractivity contribution >= 4 is 17.2 Å². The lowest BCUT2D eigenvalue weighted by Gasteiger charge is -2.34. The largest absolute Gasteiger partial charge is 0.387 e. The predicted octanol–water partition coefficient (Wildman–Crippen LogP) is 1.76. The quantitative estimate of drug-likeness (QED) is 0.927. The highest BCUT2D eigenvalue weighted by Crippen LogP contribution is 2.27. The van der Waals surface area contributed by atoms with Crippen LogP contribution in [0, 0.1) is 6.92 Å². The molecule has 1 aliphatic rings. The lowest BCUT2D eigenvalue weighted by atomic mass is 10.1. The molecule has 3 rings (SSSR count). The Morgan fingerprint density at radius 3 is 2.48 bits per heavy atom. The van der Waals surface area contributed by atoms with E-state index in [1.807, 2.05) is 12.4 Å². The van der Waals surface area contributed by atoms with Crippen LogP contribution in [0.25, 0.3) is 10.4 Å². The summed E-state index contributed by atoms with van der Waals surface area (Å²) < 4.78 is 0. The smallest absolute Gasteiger partial charge is 0.248 e. The number of thiazole rings is 1. The third-order valence-electron chi connectivity index (χ3n) is 4.23. The van der Waals surface area contributed by atoms with Crippen molar-refractivity contribution in [2.45, 2.75) is 13.5 Å². The zero-order chi connectivity index (χ0) is 16.2. The number of amides is 1. The molecule has 1 aliphatic heterocycles. The number of hydrogen-bond donors (Lipinski definition) is 1. The number of carbonyl (C=O) groups excluding carboxylic acids is 1. The van der Waals surface area contributed by atoms with Crippen LogP contribution in [0.4, 0.5) is 0 Å². The average molecular weight is 331 g/mol. The highest BCUT2D eigenvalue weighted by atomic mass is 32.1. The molecule has 23 heavy (non-hydrogen) atoms.